The van der Waals surface area contributed by atoms with Crippen molar-refractivity contribution in [1.82, 2.24) is 0 Å². The standard InChI is InChI=1S/C17H25ClO/c1-19-17-12-8-7-11-15(17)13-16(18)14-9-5-3-2-4-6-10-14/h7-8,11-12,14,16H,2-6,9-10,13H2,1H3. The molecule has 0 aliphatic heterocycles. The predicted molar refractivity (Wildman–Crippen MR) is 82.1 cm³/mol. The van der Waals surface area contributed by atoms with E-state index in [1.165, 1.54) is 50.5 Å². The van der Waals surface area contributed by atoms with Crippen LogP contribution in [0.4, 0.5) is 0 Å². The van der Waals surface area contributed by atoms with E-state index < -0.39 is 0 Å². The van der Waals surface area contributed by atoms with Gasteiger partial charge in [0.25, 0.3) is 0 Å². The topological polar surface area (TPSA) is 9.23 Å². The summed E-state index contributed by atoms with van der Waals surface area (Å²) in [7, 11) is 1.73. The van der Waals surface area contributed by atoms with Gasteiger partial charge in [-0.25, -0.2) is 0 Å². The van der Waals surface area contributed by atoms with Crippen molar-refractivity contribution in [2.45, 2.75) is 56.7 Å². The van der Waals surface area contributed by atoms with Crippen molar-refractivity contribution in [1.29, 1.82) is 0 Å². The summed E-state index contributed by atoms with van der Waals surface area (Å²) in [5, 5.41) is 0.245. The Kier molecular flexibility index (Phi) is 6.03. The van der Waals surface area contributed by atoms with E-state index in [1.807, 2.05) is 12.1 Å². The van der Waals surface area contributed by atoms with Crippen LogP contribution >= 0.6 is 11.6 Å². The summed E-state index contributed by atoms with van der Waals surface area (Å²) < 4.78 is 5.42. The van der Waals surface area contributed by atoms with E-state index in [-0.39, 0.29) is 5.38 Å². The Morgan fingerprint density at radius 2 is 1.74 bits per heavy atom. The zero-order valence-electron chi connectivity index (χ0n) is 11.9. The largest absolute Gasteiger partial charge is 0.496 e. The van der Waals surface area contributed by atoms with Gasteiger partial charge in [-0.1, -0.05) is 50.3 Å². The zero-order chi connectivity index (χ0) is 13.5. The molecule has 1 fully saturated rings. The van der Waals surface area contributed by atoms with Crippen LogP contribution in [0.3, 0.4) is 0 Å². The van der Waals surface area contributed by atoms with Gasteiger partial charge in [-0.3, -0.25) is 0 Å². The van der Waals surface area contributed by atoms with Crippen molar-refractivity contribution in [3.8, 4) is 5.75 Å². The monoisotopic (exact) mass is 280 g/mol. The van der Waals surface area contributed by atoms with Crippen molar-refractivity contribution in [3.63, 3.8) is 0 Å². The summed E-state index contributed by atoms with van der Waals surface area (Å²) in [6.45, 7) is 0. The molecule has 0 spiro atoms. The average Bonchev–Trinajstić information content (AvgIpc) is 2.38. The first-order valence-electron chi connectivity index (χ1n) is 7.57. The van der Waals surface area contributed by atoms with Gasteiger partial charge in [-0.2, -0.15) is 0 Å². The Labute approximate surface area is 122 Å². The van der Waals surface area contributed by atoms with Crippen LogP contribution in [0.5, 0.6) is 5.75 Å². The fraction of sp³-hybridized carbons (Fsp3) is 0.647. The Hall–Kier alpha value is -0.690. The lowest BCUT2D eigenvalue weighted by molar-refractivity contribution is 0.360. The van der Waals surface area contributed by atoms with E-state index in [1.54, 1.807) is 7.11 Å². The molecule has 1 aromatic rings. The molecule has 2 rings (SSSR count). The predicted octanol–water partition coefficient (Wildman–Crippen LogP) is 5.21. The van der Waals surface area contributed by atoms with Gasteiger partial charge in [0, 0.05) is 5.38 Å². The fourth-order valence-corrected chi connectivity index (χ4v) is 3.52. The van der Waals surface area contributed by atoms with E-state index in [4.69, 9.17) is 16.3 Å². The van der Waals surface area contributed by atoms with Crippen LogP contribution in [0.15, 0.2) is 24.3 Å². The second kappa shape index (κ2) is 7.79. The zero-order valence-corrected chi connectivity index (χ0v) is 12.7. The SMILES string of the molecule is COc1ccccc1CC(Cl)C1CCCCCCC1. The summed E-state index contributed by atoms with van der Waals surface area (Å²) in [6.07, 6.45) is 10.4. The molecule has 1 aliphatic rings. The van der Waals surface area contributed by atoms with Gasteiger partial charge < -0.3 is 4.74 Å². The number of benzene rings is 1. The molecule has 19 heavy (non-hydrogen) atoms. The van der Waals surface area contributed by atoms with E-state index in [9.17, 15) is 0 Å². The van der Waals surface area contributed by atoms with E-state index in [0.717, 1.165) is 12.2 Å². The lowest BCUT2D eigenvalue weighted by Gasteiger charge is -2.24. The molecule has 1 atom stereocenters. The molecule has 1 saturated carbocycles. The van der Waals surface area contributed by atoms with Crippen molar-refractivity contribution in [2.24, 2.45) is 5.92 Å². The number of halogens is 1. The number of rotatable bonds is 4. The molecule has 0 radical (unpaired) electrons. The number of hydrogen-bond donors (Lipinski definition) is 0. The lowest BCUT2D eigenvalue weighted by Crippen LogP contribution is -2.19. The third-order valence-electron chi connectivity index (χ3n) is 4.27. The molecule has 1 aliphatic carbocycles. The molecule has 0 bridgehead atoms. The smallest absolute Gasteiger partial charge is 0.122 e. The lowest BCUT2D eigenvalue weighted by atomic mass is 9.86. The highest BCUT2D eigenvalue weighted by Gasteiger charge is 2.21. The molecule has 1 aromatic carbocycles. The molecule has 0 saturated heterocycles. The van der Waals surface area contributed by atoms with Crippen molar-refractivity contribution in [2.75, 3.05) is 7.11 Å². The van der Waals surface area contributed by atoms with Crippen LogP contribution in [0.2, 0.25) is 0 Å². The van der Waals surface area contributed by atoms with Crippen LogP contribution in [0, 0.1) is 5.92 Å². The van der Waals surface area contributed by atoms with E-state index >= 15 is 0 Å². The first-order valence-corrected chi connectivity index (χ1v) is 8.01. The van der Waals surface area contributed by atoms with E-state index in [0.29, 0.717) is 5.92 Å². The average molecular weight is 281 g/mol. The Balaban J connectivity index is 1.96. The molecule has 1 nitrogen and oxygen atoms in total. The molecular formula is C17H25ClO. The minimum absolute atomic E-state index is 0.245. The minimum Gasteiger partial charge on any atom is -0.496 e. The third-order valence-corrected chi connectivity index (χ3v) is 4.78. The maximum absolute atomic E-state index is 6.69. The third kappa shape index (κ3) is 4.42. The van der Waals surface area contributed by atoms with Crippen LogP contribution in [0.1, 0.15) is 50.5 Å². The minimum atomic E-state index is 0.245. The van der Waals surface area contributed by atoms with Gasteiger partial charge in [0.05, 0.1) is 7.11 Å². The van der Waals surface area contributed by atoms with Crippen LogP contribution in [-0.2, 0) is 6.42 Å². The maximum atomic E-state index is 6.69. The number of hydrogen-bond acceptors (Lipinski definition) is 1. The number of methoxy groups -OCH3 is 1. The molecule has 1 unspecified atom stereocenters. The van der Waals surface area contributed by atoms with Gasteiger partial charge in [-0.05, 0) is 36.8 Å². The highest BCUT2D eigenvalue weighted by atomic mass is 35.5. The first-order chi connectivity index (χ1) is 9.31. The van der Waals surface area contributed by atoms with Crippen molar-refractivity contribution in [3.05, 3.63) is 29.8 Å². The molecule has 0 aromatic heterocycles. The quantitative estimate of drug-likeness (QED) is 0.688. The second-order valence-electron chi connectivity index (χ2n) is 5.64. The summed E-state index contributed by atoms with van der Waals surface area (Å²) in [6, 6.07) is 8.25. The first kappa shape index (κ1) is 14.7. The molecule has 106 valence electrons. The summed E-state index contributed by atoms with van der Waals surface area (Å²) in [5.41, 5.74) is 1.24. The Bertz CT molecular complexity index is 369. The highest BCUT2D eigenvalue weighted by molar-refractivity contribution is 6.20. The van der Waals surface area contributed by atoms with Gasteiger partial charge >= 0.3 is 0 Å². The van der Waals surface area contributed by atoms with Crippen LogP contribution in [0.25, 0.3) is 0 Å². The van der Waals surface area contributed by atoms with E-state index in [2.05, 4.69) is 12.1 Å². The second-order valence-corrected chi connectivity index (χ2v) is 6.20. The molecular weight excluding hydrogens is 256 g/mol. The highest BCUT2D eigenvalue weighted by Crippen LogP contribution is 2.31. The van der Waals surface area contributed by atoms with Gasteiger partial charge in [-0.15, -0.1) is 11.6 Å². The Morgan fingerprint density at radius 1 is 1.11 bits per heavy atom. The summed E-state index contributed by atoms with van der Waals surface area (Å²) in [5.74, 6) is 1.64. The summed E-state index contributed by atoms with van der Waals surface area (Å²) in [4.78, 5) is 0. The Morgan fingerprint density at radius 3 is 2.42 bits per heavy atom. The van der Waals surface area contributed by atoms with Crippen molar-refractivity contribution < 1.29 is 4.74 Å². The van der Waals surface area contributed by atoms with Gasteiger partial charge in [0.2, 0.25) is 0 Å². The molecule has 0 N–H and O–H groups in total. The number of para-hydroxylation sites is 1. The summed E-state index contributed by atoms with van der Waals surface area (Å²) >= 11 is 6.69. The van der Waals surface area contributed by atoms with Gasteiger partial charge in [0.1, 0.15) is 5.75 Å². The molecule has 2 heteroatoms. The van der Waals surface area contributed by atoms with Crippen molar-refractivity contribution >= 4 is 11.6 Å². The number of ether oxygens (including phenoxy) is 1. The fourth-order valence-electron chi connectivity index (χ4n) is 3.10. The van der Waals surface area contributed by atoms with Crippen LogP contribution in [-0.4, -0.2) is 12.5 Å². The molecule has 0 heterocycles. The number of alkyl halides is 1. The molecule has 0 amide bonds. The maximum Gasteiger partial charge on any atom is 0.122 e. The van der Waals surface area contributed by atoms with Gasteiger partial charge in [0.15, 0.2) is 0 Å². The normalized spacial score (nSPS) is 19.5. The van der Waals surface area contributed by atoms with Crippen LogP contribution < -0.4 is 4.74 Å².